The number of likely N-dealkylation sites (N-methyl/N-ethyl adjacent to an activating group) is 1. The highest BCUT2D eigenvalue weighted by Gasteiger charge is 2.32. The molecule has 0 aromatic heterocycles. The maximum atomic E-state index is 12.3. The third kappa shape index (κ3) is 9.83. The molecule has 1 aliphatic rings. The van der Waals surface area contributed by atoms with Crippen molar-refractivity contribution in [3.8, 4) is 11.1 Å². The van der Waals surface area contributed by atoms with E-state index in [-0.39, 0.29) is 31.1 Å². The van der Waals surface area contributed by atoms with E-state index < -0.39 is 12.2 Å². The molecule has 0 saturated carbocycles. The summed E-state index contributed by atoms with van der Waals surface area (Å²) >= 11 is 0. The first-order valence-electron chi connectivity index (χ1n) is 15.1. The number of carbonyl (C=O) groups is 2. The molecule has 1 fully saturated rings. The Kier molecular flexibility index (Phi) is 12.6. The van der Waals surface area contributed by atoms with Gasteiger partial charge in [-0.25, -0.2) is 5.48 Å². The van der Waals surface area contributed by atoms with Crippen LogP contribution in [0.5, 0.6) is 0 Å². The summed E-state index contributed by atoms with van der Waals surface area (Å²) in [7, 11) is 2.05. The molecular weight excluding hydrogens is 558 g/mol. The summed E-state index contributed by atoms with van der Waals surface area (Å²) in [5.41, 5.74) is 7.44. The fourth-order valence-electron chi connectivity index (χ4n) is 5.32. The van der Waals surface area contributed by atoms with Crippen molar-refractivity contribution in [2.24, 2.45) is 0 Å². The highest BCUT2D eigenvalue weighted by atomic mass is 16.7. The lowest BCUT2D eigenvalue weighted by atomic mass is 9.98. The first kappa shape index (κ1) is 33.0. The van der Waals surface area contributed by atoms with Crippen LogP contribution in [-0.4, -0.2) is 53.3 Å². The summed E-state index contributed by atoms with van der Waals surface area (Å²) in [5, 5.41) is 21.0. The smallest absolute Gasteiger partial charge is 0.243 e. The maximum absolute atomic E-state index is 12.3. The Morgan fingerprint density at radius 2 is 1.64 bits per heavy atom. The minimum atomic E-state index is -0.556. The Morgan fingerprint density at radius 3 is 2.34 bits per heavy atom. The van der Waals surface area contributed by atoms with Crippen molar-refractivity contribution < 1.29 is 29.4 Å². The molecular formula is C35H43N3O6. The van der Waals surface area contributed by atoms with E-state index in [0.29, 0.717) is 32.2 Å². The van der Waals surface area contributed by atoms with E-state index in [4.69, 9.17) is 14.7 Å². The zero-order chi connectivity index (χ0) is 31.3. The van der Waals surface area contributed by atoms with Gasteiger partial charge in [-0.1, -0.05) is 66.7 Å². The normalized spacial score (nSPS) is 18.1. The van der Waals surface area contributed by atoms with Crippen LogP contribution in [0, 0.1) is 0 Å². The standard InChI is InChI=1S/C35H43N3O6/c1-3-18-38(2)23-31-21-32(27-16-14-25(24-39)15-17-27)44-35(43-31)30-11-7-10-29(20-30)28-9-6-8-26(19-28)22-36-33(40)12-4-5-13-34(41)37-42/h3,6-11,14-17,19-20,31-32,35,39,42H,1,4-5,12-13,18,21-24H2,2H3,(H,36,40)(H,37,41). The van der Waals surface area contributed by atoms with Gasteiger partial charge in [0.2, 0.25) is 11.8 Å². The summed E-state index contributed by atoms with van der Waals surface area (Å²) < 4.78 is 13.0. The van der Waals surface area contributed by atoms with E-state index in [1.807, 2.05) is 66.7 Å². The SMILES string of the molecule is C=CCN(C)CC1CC(c2ccc(CO)cc2)OC(c2cccc(-c3cccc(CNC(=O)CCCCC(=O)NO)c3)c2)O1. The third-order valence-corrected chi connectivity index (χ3v) is 7.66. The Bertz CT molecular complexity index is 1380. The lowest BCUT2D eigenvalue weighted by Gasteiger charge is -2.37. The van der Waals surface area contributed by atoms with E-state index >= 15 is 0 Å². The molecule has 3 atom stereocenters. The monoisotopic (exact) mass is 601 g/mol. The first-order chi connectivity index (χ1) is 21.4. The van der Waals surface area contributed by atoms with E-state index in [9.17, 15) is 14.7 Å². The maximum Gasteiger partial charge on any atom is 0.243 e. The third-order valence-electron chi connectivity index (χ3n) is 7.66. The van der Waals surface area contributed by atoms with Crippen molar-refractivity contribution in [3.05, 3.63) is 108 Å². The predicted octanol–water partition coefficient (Wildman–Crippen LogP) is 5.19. The Morgan fingerprint density at radius 1 is 0.932 bits per heavy atom. The van der Waals surface area contributed by atoms with Gasteiger partial charge >= 0.3 is 0 Å². The van der Waals surface area contributed by atoms with Gasteiger partial charge in [0.15, 0.2) is 6.29 Å². The minimum Gasteiger partial charge on any atom is -0.392 e. The molecule has 44 heavy (non-hydrogen) atoms. The summed E-state index contributed by atoms with van der Waals surface area (Å²) in [6, 6.07) is 24.1. The summed E-state index contributed by atoms with van der Waals surface area (Å²) in [6.45, 7) is 5.75. The van der Waals surface area contributed by atoms with Crippen LogP contribution in [0.15, 0.2) is 85.5 Å². The van der Waals surface area contributed by atoms with Crippen molar-refractivity contribution in [2.45, 2.75) is 63.8 Å². The van der Waals surface area contributed by atoms with Crippen molar-refractivity contribution in [1.29, 1.82) is 0 Å². The number of aliphatic hydroxyl groups excluding tert-OH is 1. The molecule has 3 aromatic rings. The fourth-order valence-corrected chi connectivity index (χ4v) is 5.32. The topological polar surface area (TPSA) is 120 Å². The lowest BCUT2D eigenvalue weighted by molar-refractivity contribution is -0.252. The van der Waals surface area contributed by atoms with Crippen molar-refractivity contribution in [3.63, 3.8) is 0 Å². The molecule has 0 radical (unpaired) electrons. The predicted molar refractivity (Wildman–Crippen MR) is 168 cm³/mol. The number of unbranched alkanes of at least 4 members (excludes halogenated alkanes) is 1. The average Bonchev–Trinajstić information content (AvgIpc) is 3.05. The van der Waals surface area contributed by atoms with Crippen LogP contribution in [0.25, 0.3) is 11.1 Å². The number of ether oxygens (including phenoxy) is 2. The van der Waals surface area contributed by atoms with E-state index in [1.54, 1.807) is 5.48 Å². The molecule has 0 spiro atoms. The van der Waals surface area contributed by atoms with Gasteiger partial charge in [-0.2, -0.15) is 0 Å². The number of nitrogens with zero attached hydrogens (tertiary/aromatic N) is 1. The number of hydroxylamine groups is 1. The number of rotatable bonds is 15. The van der Waals surface area contributed by atoms with Gasteiger partial charge in [0.1, 0.15) is 0 Å². The molecule has 9 nitrogen and oxygen atoms in total. The fraction of sp³-hybridized carbons (Fsp3) is 0.371. The number of carbonyl (C=O) groups excluding carboxylic acids is 2. The number of nitrogens with one attached hydrogen (secondary N) is 2. The molecule has 0 bridgehead atoms. The molecule has 4 rings (SSSR count). The second kappa shape index (κ2) is 16.8. The molecule has 3 aromatic carbocycles. The highest BCUT2D eigenvalue weighted by molar-refractivity contribution is 5.76. The Labute approximate surface area is 259 Å². The van der Waals surface area contributed by atoms with E-state index in [2.05, 4.69) is 36.0 Å². The van der Waals surface area contributed by atoms with Crippen molar-refractivity contribution in [2.75, 3.05) is 20.1 Å². The Balaban J connectivity index is 1.44. The molecule has 3 unspecified atom stereocenters. The molecule has 1 heterocycles. The summed E-state index contributed by atoms with van der Waals surface area (Å²) in [4.78, 5) is 25.6. The summed E-state index contributed by atoms with van der Waals surface area (Å²) in [6.07, 6.45) is 3.43. The van der Waals surface area contributed by atoms with Crippen LogP contribution in [0.3, 0.4) is 0 Å². The van der Waals surface area contributed by atoms with Gasteiger partial charge in [0, 0.05) is 44.5 Å². The second-order valence-corrected chi connectivity index (χ2v) is 11.2. The zero-order valence-corrected chi connectivity index (χ0v) is 25.3. The molecule has 4 N–H and O–H groups in total. The quantitative estimate of drug-likeness (QED) is 0.0819. The van der Waals surface area contributed by atoms with Gasteiger partial charge in [0.25, 0.3) is 0 Å². The van der Waals surface area contributed by atoms with Gasteiger partial charge < -0.3 is 24.8 Å². The second-order valence-electron chi connectivity index (χ2n) is 11.2. The van der Waals surface area contributed by atoms with Crippen LogP contribution in [0.2, 0.25) is 0 Å². The van der Waals surface area contributed by atoms with Gasteiger partial charge in [-0.15, -0.1) is 6.58 Å². The first-order valence-corrected chi connectivity index (χ1v) is 15.1. The number of benzene rings is 3. The highest BCUT2D eigenvalue weighted by Crippen LogP contribution is 2.39. The van der Waals surface area contributed by atoms with Crippen LogP contribution in [0.1, 0.15) is 66.8 Å². The number of aliphatic hydroxyl groups is 1. The van der Waals surface area contributed by atoms with Crippen molar-refractivity contribution >= 4 is 11.8 Å². The molecule has 2 amide bonds. The van der Waals surface area contributed by atoms with Gasteiger partial charge in [0.05, 0.1) is 18.8 Å². The van der Waals surface area contributed by atoms with Crippen LogP contribution in [-0.2, 0) is 32.2 Å². The largest absolute Gasteiger partial charge is 0.392 e. The Hall–Kier alpha value is -3.86. The van der Waals surface area contributed by atoms with Crippen LogP contribution >= 0.6 is 0 Å². The lowest BCUT2D eigenvalue weighted by Crippen LogP contribution is -2.37. The average molecular weight is 602 g/mol. The zero-order valence-electron chi connectivity index (χ0n) is 25.3. The van der Waals surface area contributed by atoms with E-state index in [0.717, 1.165) is 46.5 Å². The molecule has 234 valence electrons. The van der Waals surface area contributed by atoms with E-state index in [1.165, 1.54) is 0 Å². The number of amides is 2. The van der Waals surface area contributed by atoms with Crippen LogP contribution in [0.4, 0.5) is 0 Å². The molecule has 9 heteroatoms. The molecule has 1 saturated heterocycles. The molecule has 0 aliphatic carbocycles. The number of hydrogen-bond donors (Lipinski definition) is 4. The van der Waals surface area contributed by atoms with Gasteiger partial charge in [-0.05, 0) is 59.8 Å². The molecule has 1 aliphatic heterocycles. The van der Waals surface area contributed by atoms with Crippen LogP contribution < -0.4 is 10.8 Å². The van der Waals surface area contributed by atoms with Crippen molar-refractivity contribution in [1.82, 2.24) is 15.7 Å². The summed E-state index contributed by atoms with van der Waals surface area (Å²) in [5.74, 6) is -0.528. The van der Waals surface area contributed by atoms with Gasteiger partial charge in [-0.3, -0.25) is 14.8 Å². The number of hydrogen-bond acceptors (Lipinski definition) is 7. The minimum absolute atomic E-state index is 0.000266.